The van der Waals surface area contributed by atoms with Crippen LogP contribution in [0.5, 0.6) is 0 Å². The molecule has 0 saturated carbocycles. The molecule has 1 aliphatic heterocycles. The Morgan fingerprint density at radius 2 is 2.05 bits per heavy atom. The van der Waals surface area contributed by atoms with E-state index in [4.69, 9.17) is 5.11 Å². The van der Waals surface area contributed by atoms with E-state index in [0.717, 1.165) is 37.4 Å². The van der Waals surface area contributed by atoms with Crippen LogP contribution in [0, 0.1) is 18.3 Å². The van der Waals surface area contributed by atoms with Crippen LogP contribution in [0.4, 0.5) is 5.69 Å². The quantitative estimate of drug-likeness (QED) is 0.899. The van der Waals surface area contributed by atoms with Gasteiger partial charge in [0.05, 0.1) is 17.7 Å². The molecule has 1 heterocycles. The second-order valence-corrected chi connectivity index (χ2v) is 5.06. The minimum absolute atomic E-state index is 0.188. The maximum absolute atomic E-state index is 10.6. The Morgan fingerprint density at radius 3 is 2.65 bits per heavy atom. The number of aryl methyl sites for hydroxylation is 1. The zero-order chi connectivity index (χ0) is 14.5. The SMILES string of the molecule is Cc1cccc(C#N)c1N1CCN(CCC(=O)O)CC1. The third-order valence-corrected chi connectivity index (χ3v) is 3.69. The van der Waals surface area contributed by atoms with E-state index in [1.807, 2.05) is 25.1 Å². The minimum atomic E-state index is -0.752. The Bertz CT molecular complexity index is 528. The third kappa shape index (κ3) is 3.28. The number of anilines is 1. The van der Waals surface area contributed by atoms with Crippen LogP contribution in [0.25, 0.3) is 0 Å². The first-order chi connectivity index (χ1) is 9.61. The molecule has 1 fully saturated rings. The van der Waals surface area contributed by atoms with E-state index in [1.165, 1.54) is 0 Å². The molecule has 106 valence electrons. The van der Waals surface area contributed by atoms with Crippen molar-refractivity contribution in [3.05, 3.63) is 29.3 Å². The summed E-state index contributed by atoms with van der Waals surface area (Å²) in [6.07, 6.45) is 0.188. The minimum Gasteiger partial charge on any atom is -0.481 e. The summed E-state index contributed by atoms with van der Waals surface area (Å²) in [7, 11) is 0. The highest BCUT2D eigenvalue weighted by Gasteiger charge is 2.20. The van der Waals surface area contributed by atoms with Gasteiger partial charge in [-0.3, -0.25) is 9.69 Å². The standard InChI is InChI=1S/C15H19N3O2/c1-12-3-2-4-13(11-16)15(12)18-9-7-17(8-10-18)6-5-14(19)20/h2-4H,5-10H2,1H3,(H,19,20). The Labute approximate surface area is 119 Å². The molecule has 5 nitrogen and oxygen atoms in total. The van der Waals surface area contributed by atoms with Crippen LogP contribution in [0.3, 0.4) is 0 Å². The molecule has 0 bridgehead atoms. The van der Waals surface area contributed by atoms with E-state index in [2.05, 4.69) is 15.9 Å². The molecule has 1 saturated heterocycles. The number of carboxylic acids is 1. The Balaban J connectivity index is 2.01. The number of hydrogen-bond donors (Lipinski definition) is 1. The van der Waals surface area contributed by atoms with Crippen LogP contribution in [-0.4, -0.2) is 48.7 Å². The molecule has 0 unspecified atom stereocenters. The molecular weight excluding hydrogens is 254 g/mol. The maximum atomic E-state index is 10.6. The molecule has 20 heavy (non-hydrogen) atoms. The second kappa shape index (κ2) is 6.40. The van der Waals surface area contributed by atoms with Gasteiger partial charge in [-0.1, -0.05) is 12.1 Å². The molecule has 1 aromatic carbocycles. The van der Waals surface area contributed by atoms with Gasteiger partial charge in [-0.25, -0.2) is 0 Å². The maximum Gasteiger partial charge on any atom is 0.304 e. The van der Waals surface area contributed by atoms with Crippen molar-refractivity contribution in [3.8, 4) is 6.07 Å². The summed E-state index contributed by atoms with van der Waals surface area (Å²) < 4.78 is 0. The number of rotatable bonds is 4. The van der Waals surface area contributed by atoms with E-state index in [1.54, 1.807) is 0 Å². The first-order valence-electron chi connectivity index (χ1n) is 6.80. The molecule has 1 aliphatic rings. The molecule has 1 N–H and O–H groups in total. The first kappa shape index (κ1) is 14.4. The molecule has 0 atom stereocenters. The lowest BCUT2D eigenvalue weighted by Gasteiger charge is -2.37. The summed E-state index contributed by atoms with van der Waals surface area (Å²) in [6.45, 7) is 5.96. The molecule has 0 aliphatic carbocycles. The average molecular weight is 273 g/mol. The fourth-order valence-electron chi connectivity index (χ4n) is 2.62. The van der Waals surface area contributed by atoms with Crippen molar-refractivity contribution in [1.82, 2.24) is 4.90 Å². The van der Waals surface area contributed by atoms with Crippen LogP contribution in [-0.2, 0) is 4.79 Å². The fourth-order valence-corrected chi connectivity index (χ4v) is 2.62. The molecule has 5 heteroatoms. The molecule has 0 amide bonds. The first-order valence-corrected chi connectivity index (χ1v) is 6.80. The van der Waals surface area contributed by atoms with E-state index in [0.29, 0.717) is 12.1 Å². The number of benzene rings is 1. The Morgan fingerprint density at radius 1 is 1.35 bits per heavy atom. The van der Waals surface area contributed by atoms with Crippen molar-refractivity contribution in [1.29, 1.82) is 5.26 Å². The summed E-state index contributed by atoms with van der Waals surface area (Å²) in [6, 6.07) is 8.02. The number of nitrogens with zero attached hydrogens (tertiary/aromatic N) is 3. The van der Waals surface area contributed by atoms with Crippen molar-refractivity contribution < 1.29 is 9.90 Å². The van der Waals surface area contributed by atoms with E-state index in [-0.39, 0.29) is 6.42 Å². The number of nitriles is 1. The predicted molar refractivity (Wildman–Crippen MR) is 76.8 cm³/mol. The van der Waals surface area contributed by atoms with Gasteiger partial charge in [0, 0.05) is 32.7 Å². The lowest BCUT2D eigenvalue weighted by atomic mass is 10.1. The second-order valence-electron chi connectivity index (χ2n) is 5.06. The van der Waals surface area contributed by atoms with Gasteiger partial charge in [-0.2, -0.15) is 5.26 Å². The third-order valence-electron chi connectivity index (χ3n) is 3.69. The van der Waals surface area contributed by atoms with Crippen LogP contribution < -0.4 is 4.90 Å². The molecule has 2 rings (SSSR count). The van der Waals surface area contributed by atoms with E-state index in [9.17, 15) is 10.1 Å². The number of aliphatic carboxylic acids is 1. The van der Waals surface area contributed by atoms with Crippen molar-refractivity contribution in [2.75, 3.05) is 37.6 Å². The topological polar surface area (TPSA) is 67.6 Å². The Kier molecular flexibility index (Phi) is 4.59. The highest BCUT2D eigenvalue weighted by atomic mass is 16.4. The van der Waals surface area contributed by atoms with Crippen LogP contribution in [0.2, 0.25) is 0 Å². The van der Waals surface area contributed by atoms with Gasteiger partial charge < -0.3 is 10.0 Å². The average Bonchev–Trinajstić information content (AvgIpc) is 2.45. The number of carboxylic acid groups (broad SMARTS) is 1. The summed E-state index contributed by atoms with van der Waals surface area (Å²) >= 11 is 0. The van der Waals surface area contributed by atoms with Crippen molar-refractivity contribution in [3.63, 3.8) is 0 Å². The zero-order valence-electron chi connectivity index (χ0n) is 11.7. The summed E-state index contributed by atoms with van der Waals surface area (Å²) in [4.78, 5) is 15.0. The number of hydrogen-bond acceptors (Lipinski definition) is 4. The van der Waals surface area contributed by atoms with Crippen LogP contribution in [0.1, 0.15) is 17.5 Å². The highest BCUT2D eigenvalue weighted by Crippen LogP contribution is 2.25. The van der Waals surface area contributed by atoms with Gasteiger partial charge in [0.1, 0.15) is 6.07 Å². The van der Waals surface area contributed by atoms with Crippen LogP contribution >= 0.6 is 0 Å². The number of carbonyl (C=O) groups is 1. The molecule has 0 radical (unpaired) electrons. The highest BCUT2D eigenvalue weighted by molar-refractivity contribution is 5.67. The van der Waals surface area contributed by atoms with Gasteiger partial charge in [0.25, 0.3) is 0 Å². The summed E-state index contributed by atoms with van der Waals surface area (Å²) in [5.41, 5.74) is 2.85. The number of piperazine rings is 1. The molecular formula is C15H19N3O2. The lowest BCUT2D eigenvalue weighted by molar-refractivity contribution is -0.137. The zero-order valence-corrected chi connectivity index (χ0v) is 11.7. The number of para-hydroxylation sites is 1. The van der Waals surface area contributed by atoms with Gasteiger partial charge in [-0.05, 0) is 18.6 Å². The van der Waals surface area contributed by atoms with Gasteiger partial charge in [0.2, 0.25) is 0 Å². The molecule has 1 aromatic rings. The molecule has 0 aromatic heterocycles. The van der Waals surface area contributed by atoms with Gasteiger partial charge in [0.15, 0.2) is 0 Å². The fraction of sp³-hybridized carbons (Fsp3) is 0.467. The normalized spacial score (nSPS) is 15.9. The van der Waals surface area contributed by atoms with E-state index < -0.39 is 5.97 Å². The smallest absolute Gasteiger partial charge is 0.304 e. The summed E-state index contributed by atoms with van der Waals surface area (Å²) in [5.74, 6) is -0.752. The predicted octanol–water partition coefficient (Wildman–Crippen LogP) is 1.46. The van der Waals surface area contributed by atoms with Gasteiger partial charge in [-0.15, -0.1) is 0 Å². The van der Waals surface area contributed by atoms with Crippen molar-refractivity contribution in [2.45, 2.75) is 13.3 Å². The lowest BCUT2D eigenvalue weighted by Crippen LogP contribution is -2.47. The van der Waals surface area contributed by atoms with Gasteiger partial charge >= 0.3 is 5.97 Å². The largest absolute Gasteiger partial charge is 0.481 e. The Hall–Kier alpha value is -2.06. The van der Waals surface area contributed by atoms with Crippen molar-refractivity contribution in [2.24, 2.45) is 0 Å². The molecule has 0 spiro atoms. The monoisotopic (exact) mass is 273 g/mol. The summed E-state index contributed by atoms with van der Waals surface area (Å²) in [5, 5.41) is 17.9. The van der Waals surface area contributed by atoms with E-state index >= 15 is 0 Å². The van der Waals surface area contributed by atoms with Crippen LogP contribution in [0.15, 0.2) is 18.2 Å². The van der Waals surface area contributed by atoms with Crippen molar-refractivity contribution >= 4 is 11.7 Å².